The predicted molar refractivity (Wildman–Crippen MR) is 67.0 cm³/mol. The molecule has 0 fully saturated rings. The molecule has 0 atom stereocenters. The van der Waals surface area contributed by atoms with Crippen molar-refractivity contribution < 1.29 is 4.79 Å². The van der Waals surface area contributed by atoms with Crippen LogP contribution in [0.2, 0.25) is 0 Å². The monoisotopic (exact) mass is 228 g/mol. The third-order valence-corrected chi connectivity index (χ3v) is 2.75. The largest absolute Gasteiger partial charge is 0.294 e. The van der Waals surface area contributed by atoms with Gasteiger partial charge >= 0.3 is 0 Å². The fourth-order valence-corrected chi connectivity index (χ4v) is 1.73. The summed E-state index contributed by atoms with van der Waals surface area (Å²) in [4.78, 5) is 11.9. The van der Waals surface area contributed by atoms with Gasteiger partial charge in [-0.15, -0.1) is 0 Å². The van der Waals surface area contributed by atoms with Gasteiger partial charge in [-0.3, -0.25) is 9.48 Å². The molecule has 1 aromatic carbocycles. The predicted octanol–water partition coefficient (Wildman–Crippen LogP) is 2.72. The number of carbonyl (C=O) groups excluding carboxylic acids is 1. The van der Waals surface area contributed by atoms with Crippen LogP contribution < -0.4 is 0 Å². The van der Waals surface area contributed by atoms with Gasteiger partial charge in [0.2, 0.25) is 0 Å². The number of ketones is 1. The number of Topliss-reactive ketones (excluding diaryl/α,β-unsaturated/α-hetero) is 1. The maximum Gasteiger partial charge on any atom is 0.163 e. The van der Waals surface area contributed by atoms with Crippen molar-refractivity contribution in [1.82, 2.24) is 9.78 Å². The zero-order chi connectivity index (χ0) is 12.1. The SMILES string of the molecule is CCn1cc(CCC(=O)c2ccccc2)cn1. The average molecular weight is 228 g/mol. The summed E-state index contributed by atoms with van der Waals surface area (Å²) in [5, 5.41) is 4.19. The van der Waals surface area contributed by atoms with Crippen molar-refractivity contribution in [3.63, 3.8) is 0 Å². The van der Waals surface area contributed by atoms with E-state index in [0.29, 0.717) is 6.42 Å². The van der Waals surface area contributed by atoms with Crippen molar-refractivity contribution in [2.45, 2.75) is 26.3 Å². The van der Waals surface area contributed by atoms with Crippen LogP contribution in [0, 0.1) is 0 Å². The Hall–Kier alpha value is -1.90. The lowest BCUT2D eigenvalue weighted by Gasteiger charge is -1.99. The van der Waals surface area contributed by atoms with Crippen LogP contribution in [0.25, 0.3) is 0 Å². The lowest BCUT2D eigenvalue weighted by atomic mass is 10.0. The fraction of sp³-hybridized carbons (Fsp3) is 0.286. The molecule has 3 nitrogen and oxygen atoms in total. The van der Waals surface area contributed by atoms with Gasteiger partial charge in [0.15, 0.2) is 5.78 Å². The molecule has 17 heavy (non-hydrogen) atoms. The summed E-state index contributed by atoms with van der Waals surface area (Å²) in [5.41, 5.74) is 1.91. The average Bonchev–Trinajstić information content (AvgIpc) is 2.85. The fourth-order valence-electron chi connectivity index (χ4n) is 1.73. The molecule has 1 heterocycles. The van der Waals surface area contributed by atoms with Gasteiger partial charge in [-0.25, -0.2) is 0 Å². The molecular weight excluding hydrogens is 212 g/mol. The standard InChI is InChI=1S/C14H16N2O/c1-2-16-11-12(10-15-16)8-9-14(17)13-6-4-3-5-7-13/h3-7,10-11H,2,8-9H2,1H3. The molecule has 0 N–H and O–H groups in total. The number of nitrogens with zero attached hydrogens (tertiary/aromatic N) is 2. The van der Waals surface area contributed by atoms with Crippen LogP contribution in [0.1, 0.15) is 29.3 Å². The molecule has 2 rings (SSSR count). The van der Waals surface area contributed by atoms with Crippen molar-refractivity contribution in [3.05, 3.63) is 53.9 Å². The highest BCUT2D eigenvalue weighted by molar-refractivity contribution is 5.96. The second kappa shape index (κ2) is 5.43. The molecule has 0 aliphatic heterocycles. The molecule has 3 heteroatoms. The highest BCUT2D eigenvalue weighted by atomic mass is 16.1. The number of carbonyl (C=O) groups is 1. The second-order valence-electron chi connectivity index (χ2n) is 3.99. The van der Waals surface area contributed by atoms with Crippen LogP contribution >= 0.6 is 0 Å². The lowest BCUT2D eigenvalue weighted by Crippen LogP contribution is -2.00. The van der Waals surface area contributed by atoms with Crippen LogP contribution in [-0.2, 0) is 13.0 Å². The van der Waals surface area contributed by atoms with Crippen molar-refractivity contribution in [2.24, 2.45) is 0 Å². The second-order valence-corrected chi connectivity index (χ2v) is 3.99. The third kappa shape index (κ3) is 3.03. The van der Waals surface area contributed by atoms with Gasteiger partial charge in [-0.05, 0) is 18.9 Å². The zero-order valence-electron chi connectivity index (χ0n) is 9.97. The Balaban J connectivity index is 1.92. The summed E-state index contributed by atoms with van der Waals surface area (Å²) in [7, 11) is 0. The lowest BCUT2D eigenvalue weighted by molar-refractivity contribution is 0.0983. The van der Waals surface area contributed by atoms with E-state index >= 15 is 0 Å². The Kier molecular flexibility index (Phi) is 3.70. The number of benzene rings is 1. The van der Waals surface area contributed by atoms with E-state index in [0.717, 1.165) is 24.1 Å². The Bertz CT molecular complexity index is 488. The highest BCUT2D eigenvalue weighted by Crippen LogP contribution is 2.07. The number of aromatic nitrogens is 2. The highest BCUT2D eigenvalue weighted by Gasteiger charge is 2.06. The third-order valence-electron chi connectivity index (χ3n) is 2.75. The smallest absolute Gasteiger partial charge is 0.163 e. The molecule has 0 saturated heterocycles. The van der Waals surface area contributed by atoms with Gasteiger partial charge in [0.05, 0.1) is 6.20 Å². The van der Waals surface area contributed by atoms with Gasteiger partial charge in [-0.1, -0.05) is 30.3 Å². The van der Waals surface area contributed by atoms with Crippen molar-refractivity contribution >= 4 is 5.78 Å². The van der Waals surface area contributed by atoms with Crippen LogP contribution in [0.15, 0.2) is 42.7 Å². The minimum Gasteiger partial charge on any atom is -0.294 e. The first-order chi connectivity index (χ1) is 8.29. The van der Waals surface area contributed by atoms with E-state index in [1.165, 1.54) is 0 Å². The molecule has 88 valence electrons. The van der Waals surface area contributed by atoms with E-state index in [1.807, 2.05) is 54.3 Å². The van der Waals surface area contributed by atoms with Crippen LogP contribution in [0.4, 0.5) is 0 Å². The van der Waals surface area contributed by atoms with Crippen LogP contribution in [-0.4, -0.2) is 15.6 Å². The Labute approximate surface area is 101 Å². The van der Waals surface area contributed by atoms with Gasteiger partial charge in [0.1, 0.15) is 0 Å². The molecule has 0 amide bonds. The summed E-state index contributed by atoms with van der Waals surface area (Å²) >= 11 is 0. The van der Waals surface area contributed by atoms with Crippen molar-refractivity contribution in [3.8, 4) is 0 Å². The van der Waals surface area contributed by atoms with E-state index in [9.17, 15) is 4.79 Å². The van der Waals surface area contributed by atoms with E-state index in [1.54, 1.807) is 0 Å². The summed E-state index contributed by atoms with van der Waals surface area (Å²) in [6.07, 6.45) is 5.13. The van der Waals surface area contributed by atoms with Crippen LogP contribution in [0.5, 0.6) is 0 Å². The topological polar surface area (TPSA) is 34.9 Å². The van der Waals surface area contributed by atoms with Gasteiger partial charge in [0, 0.05) is 24.7 Å². The van der Waals surface area contributed by atoms with Crippen molar-refractivity contribution in [2.75, 3.05) is 0 Å². The Morgan fingerprint density at radius 3 is 2.71 bits per heavy atom. The Morgan fingerprint density at radius 1 is 1.29 bits per heavy atom. The van der Waals surface area contributed by atoms with E-state index < -0.39 is 0 Å². The first kappa shape index (κ1) is 11.6. The normalized spacial score (nSPS) is 10.4. The zero-order valence-corrected chi connectivity index (χ0v) is 9.97. The number of hydrogen-bond donors (Lipinski definition) is 0. The maximum atomic E-state index is 11.9. The number of rotatable bonds is 5. The van der Waals surface area contributed by atoms with Gasteiger partial charge in [0.25, 0.3) is 0 Å². The van der Waals surface area contributed by atoms with Crippen molar-refractivity contribution in [1.29, 1.82) is 0 Å². The molecule has 0 bridgehead atoms. The van der Waals surface area contributed by atoms with Crippen LogP contribution in [0.3, 0.4) is 0 Å². The molecular formula is C14H16N2O. The quantitative estimate of drug-likeness (QED) is 0.737. The molecule has 0 aliphatic rings. The maximum absolute atomic E-state index is 11.9. The van der Waals surface area contributed by atoms with Gasteiger partial charge in [-0.2, -0.15) is 5.10 Å². The van der Waals surface area contributed by atoms with E-state index in [2.05, 4.69) is 5.10 Å². The molecule has 0 unspecified atom stereocenters. The van der Waals surface area contributed by atoms with E-state index in [4.69, 9.17) is 0 Å². The molecule has 0 saturated carbocycles. The molecule has 0 spiro atoms. The number of aryl methyl sites for hydroxylation is 2. The molecule has 0 radical (unpaired) electrons. The molecule has 1 aromatic heterocycles. The van der Waals surface area contributed by atoms with Gasteiger partial charge < -0.3 is 0 Å². The minimum atomic E-state index is 0.190. The summed E-state index contributed by atoms with van der Waals surface area (Å²) in [6.45, 7) is 2.92. The van der Waals surface area contributed by atoms with E-state index in [-0.39, 0.29) is 5.78 Å². The first-order valence-electron chi connectivity index (χ1n) is 5.89. The molecule has 2 aromatic rings. The summed E-state index contributed by atoms with van der Waals surface area (Å²) in [6, 6.07) is 9.42. The number of hydrogen-bond acceptors (Lipinski definition) is 2. The molecule has 0 aliphatic carbocycles. The minimum absolute atomic E-state index is 0.190. The first-order valence-corrected chi connectivity index (χ1v) is 5.89. The Morgan fingerprint density at radius 2 is 2.06 bits per heavy atom. The summed E-state index contributed by atoms with van der Waals surface area (Å²) < 4.78 is 1.88. The summed E-state index contributed by atoms with van der Waals surface area (Å²) in [5.74, 6) is 0.190.